The Morgan fingerprint density at radius 2 is 1.67 bits per heavy atom. The zero-order valence-corrected chi connectivity index (χ0v) is 13.4. The molecule has 0 aliphatic heterocycles. The van der Waals surface area contributed by atoms with E-state index < -0.39 is 13.5 Å². The van der Waals surface area contributed by atoms with E-state index in [-0.39, 0.29) is 22.9 Å². The van der Waals surface area contributed by atoms with Gasteiger partial charge in [0.1, 0.15) is 0 Å². The van der Waals surface area contributed by atoms with Crippen molar-refractivity contribution in [2.75, 3.05) is 0 Å². The van der Waals surface area contributed by atoms with Gasteiger partial charge in [-0.05, 0) is 30.4 Å². The minimum atomic E-state index is -1.67. The van der Waals surface area contributed by atoms with Crippen LogP contribution in [-0.4, -0.2) is 19.6 Å². The number of hydrogen-bond donors (Lipinski definition) is 0. The molecular weight excluding hydrogens is 240 g/mol. The van der Waals surface area contributed by atoms with Gasteiger partial charge in [0, 0.05) is 5.92 Å². The smallest absolute Gasteiger partial charge is 0.167 e. The molecule has 0 amide bonds. The first-order chi connectivity index (χ1) is 8.00. The molecule has 0 saturated heterocycles. The van der Waals surface area contributed by atoms with E-state index in [2.05, 4.69) is 33.5 Å². The van der Waals surface area contributed by atoms with Gasteiger partial charge in [-0.2, -0.15) is 0 Å². The number of rotatable bonds is 1. The number of fused-ring (bicyclic) bond motifs is 2. The van der Waals surface area contributed by atoms with E-state index in [9.17, 15) is 9.59 Å². The van der Waals surface area contributed by atoms with E-state index in [1.54, 1.807) is 0 Å². The monoisotopic (exact) mass is 264 g/mol. The molecule has 18 heavy (non-hydrogen) atoms. The van der Waals surface area contributed by atoms with Gasteiger partial charge in [-0.3, -0.25) is 9.59 Å². The summed E-state index contributed by atoms with van der Waals surface area (Å²) in [6.07, 6.45) is 3.70. The average Bonchev–Trinajstić information content (AvgIpc) is 2.20. The summed E-state index contributed by atoms with van der Waals surface area (Å²) >= 11 is 0. The molecule has 2 aliphatic rings. The summed E-state index contributed by atoms with van der Waals surface area (Å²) in [5.41, 5.74) is -0.729. The van der Waals surface area contributed by atoms with Crippen molar-refractivity contribution >= 4 is 19.6 Å². The van der Waals surface area contributed by atoms with Crippen molar-refractivity contribution in [3.8, 4) is 0 Å². The Morgan fingerprint density at radius 1 is 1.11 bits per heavy atom. The average molecular weight is 264 g/mol. The lowest BCUT2D eigenvalue weighted by Crippen LogP contribution is -2.55. The van der Waals surface area contributed by atoms with Crippen molar-refractivity contribution in [2.45, 2.75) is 53.3 Å². The third-order valence-electron chi connectivity index (χ3n) is 4.82. The molecule has 0 heterocycles. The molecular formula is C15H24O2Si. The van der Waals surface area contributed by atoms with E-state index in [0.29, 0.717) is 0 Å². The molecule has 0 spiro atoms. The topological polar surface area (TPSA) is 34.1 Å². The third kappa shape index (κ3) is 1.75. The predicted octanol–water partition coefficient (Wildman–Crippen LogP) is 3.38. The summed E-state index contributed by atoms with van der Waals surface area (Å²) in [5, 5.41) is 0.988. The fourth-order valence-electron chi connectivity index (χ4n) is 3.21. The van der Waals surface area contributed by atoms with Crippen molar-refractivity contribution in [3.05, 3.63) is 11.3 Å². The summed E-state index contributed by atoms with van der Waals surface area (Å²) < 4.78 is 0. The van der Waals surface area contributed by atoms with Crippen molar-refractivity contribution in [1.29, 1.82) is 0 Å². The van der Waals surface area contributed by atoms with Crippen LogP contribution in [0.25, 0.3) is 0 Å². The highest BCUT2D eigenvalue weighted by Crippen LogP contribution is 2.52. The second-order valence-electron chi connectivity index (χ2n) is 7.82. The van der Waals surface area contributed by atoms with Gasteiger partial charge in [-0.1, -0.05) is 39.6 Å². The van der Waals surface area contributed by atoms with Crippen LogP contribution in [0, 0.1) is 16.7 Å². The van der Waals surface area contributed by atoms with Crippen LogP contribution < -0.4 is 0 Å². The lowest BCUT2D eigenvalue weighted by Gasteiger charge is -2.48. The Balaban J connectivity index is 2.61. The summed E-state index contributed by atoms with van der Waals surface area (Å²) in [5.74, 6) is 0.222. The second kappa shape index (κ2) is 3.66. The zero-order valence-electron chi connectivity index (χ0n) is 12.4. The van der Waals surface area contributed by atoms with E-state index in [1.807, 2.05) is 13.0 Å². The van der Waals surface area contributed by atoms with Crippen LogP contribution >= 0.6 is 0 Å². The Bertz CT molecular complexity index is 454. The SMILES string of the molecule is CC1(C)CC[C@@]2(C)C(=O)C([Si](C)(C)C)=C[C@H]1C2=O. The van der Waals surface area contributed by atoms with Crippen molar-refractivity contribution in [3.63, 3.8) is 0 Å². The second-order valence-corrected chi connectivity index (χ2v) is 12.9. The van der Waals surface area contributed by atoms with Gasteiger partial charge in [0.15, 0.2) is 11.6 Å². The molecule has 3 heteroatoms. The number of hydrogen-bond acceptors (Lipinski definition) is 2. The Labute approximate surface area is 111 Å². The maximum Gasteiger partial charge on any atom is 0.167 e. The zero-order chi connectivity index (χ0) is 13.9. The van der Waals surface area contributed by atoms with Crippen LogP contribution in [0.2, 0.25) is 19.6 Å². The third-order valence-corrected chi connectivity index (χ3v) is 6.83. The van der Waals surface area contributed by atoms with Crippen LogP contribution in [0.15, 0.2) is 11.3 Å². The van der Waals surface area contributed by atoms with Crippen LogP contribution in [0.3, 0.4) is 0 Å². The lowest BCUT2D eigenvalue weighted by atomic mass is 9.55. The molecule has 0 unspecified atom stereocenters. The van der Waals surface area contributed by atoms with Crippen molar-refractivity contribution in [2.24, 2.45) is 16.7 Å². The van der Waals surface area contributed by atoms with Gasteiger partial charge in [-0.15, -0.1) is 0 Å². The molecule has 2 atom stereocenters. The molecule has 2 bridgehead atoms. The highest BCUT2D eigenvalue weighted by Gasteiger charge is 2.56. The standard InChI is InChI=1S/C15H24O2Si/c1-14(2)7-8-15(3)12(16)10(14)9-11(13(15)17)18(4,5)6/h9-10H,7-8H2,1-6H3/t10-,15+/m0/s1. The van der Waals surface area contributed by atoms with Crippen molar-refractivity contribution < 1.29 is 9.59 Å². The van der Waals surface area contributed by atoms with Crippen LogP contribution in [0.1, 0.15) is 33.6 Å². The molecule has 1 fully saturated rings. The molecule has 2 aliphatic carbocycles. The summed E-state index contributed by atoms with van der Waals surface area (Å²) in [6.45, 7) is 12.8. The number of carbonyl (C=O) groups excluding carboxylic acids is 2. The van der Waals surface area contributed by atoms with Gasteiger partial charge >= 0.3 is 0 Å². The molecule has 0 aromatic carbocycles. The van der Waals surface area contributed by atoms with Gasteiger partial charge in [0.05, 0.1) is 13.5 Å². The van der Waals surface area contributed by atoms with E-state index in [4.69, 9.17) is 0 Å². The van der Waals surface area contributed by atoms with Crippen LogP contribution in [0.4, 0.5) is 0 Å². The van der Waals surface area contributed by atoms with Crippen LogP contribution in [-0.2, 0) is 9.59 Å². The minimum absolute atomic E-state index is 0.00218. The maximum atomic E-state index is 12.7. The van der Waals surface area contributed by atoms with Gasteiger partial charge in [0.25, 0.3) is 0 Å². The molecule has 0 aromatic heterocycles. The highest BCUT2D eigenvalue weighted by molar-refractivity contribution is 6.87. The fourth-order valence-corrected chi connectivity index (χ4v) is 4.83. The van der Waals surface area contributed by atoms with Crippen LogP contribution in [0.5, 0.6) is 0 Å². The normalized spacial score (nSPS) is 35.4. The Hall–Kier alpha value is -0.703. The van der Waals surface area contributed by atoms with E-state index in [1.165, 1.54) is 0 Å². The summed E-state index contributed by atoms with van der Waals surface area (Å²) in [6, 6.07) is 0. The van der Waals surface area contributed by atoms with E-state index >= 15 is 0 Å². The maximum absolute atomic E-state index is 12.7. The largest absolute Gasteiger partial charge is 0.298 e. The van der Waals surface area contributed by atoms with Crippen molar-refractivity contribution in [1.82, 2.24) is 0 Å². The Morgan fingerprint density at radius 3 is 2.17 bits per heavy atom. The first-order valence-corrected chi connectivity index (χ1v) is 10.3. The van der Waals surface area contributed by atoms with Gasteiger partial charge < -0.3 is 0 Å². The number of allylic oxidation sites excluding steroid dienone is 2. The molecule has 0 aromatic rings. The predicted molar refractivity (Wildman–Crippen MR) is 76.1 cm³/mol. The molecule has 100 valence electrons. The lowest BCUT2D eigenvalue weighted by molar-refractivity contribution is -0.147. The quantitative estimate of drug-likeness (QED) is 0.537. The highest BCUT2D eigenvalue weighted by atomic mass is 28.3. The number of Topliss-reactive ketones (excluding diaryl/α,β-unsaturated/α-hetero) is 2. The molecule has 0 N–H and O–H groups in total. The van der Waals surface area contributed by atoms with Gasteiger partial charge in [0.2, 0.25) is 0 Å². The molecule has 2 nitrogen and oxygen atoms in total. The Kier molecular flexibility index (Phi) is 2.79. The molecule has 0 radical (unpaired) electrons. The molecule has 1 saturated carbocycles. The fraction of sp³-hybridized carbons (Fsp3) is 0.733. The minimum Gasteiger partial charge on any atom is -0.298 e. The van der Waals surface area contributed by atoms with E-state index in [0.717, 1.165) is 18.0 Å². The number of ketones is 2. The number of carbonyl (C=O) groups is 2. The first kappa shape index (κ1) is 13.7. The molecule has 2 rings (SSSR count). The first-order valence-electron chi connectivity index (χ1n) is 6.81. The summed E-state index contributed by atoms with van der Waals surface area (Å²) in [7, 11) is -1.67. The summed E-state index contributed by atoms with van der Waals surface area (Å²) in [4.78, 5) is 25.2. The van der Waals surface area contributed by atoms with Gasteiger partial charge in [-0.25, -0.2) is 0 Å².